The number of nitrogens with two attached hydrogens (primary N) is 1. The predicted octanol–water partition coefficient (Wildman–Crippen LogP) is 4.28. The van der Waals surface area contributed by atoms with E-state index in [4.69, 9.17) is 22.1 Å². The molecule has 6 nitrogen and oxygen atoms in total. The van der Waals surface area contributed by atoms with Gasteiger partial charge < -0.3 is 15.8 Å². The van der Waals surface area contributed by atoms with Crippen LogP contribution in [0.2, 0.25) is 5.02 Å². The quantitative estimate of drug-likeness (QED) is 0.483. The van der Waals surface area contributed by atoms with Crippen molar-refractivity contribution in [3.05, 3.63) is 33.7 Å². The summed E-state index contributed by atoms with van der Waals surface area (Å²) in [7, 11) is 1.53. The van der Waals surface area contributed by atoms with Crippen molar-refractivity contribution in [3.8, 4) is 5.75 Å². The van der Waals surface area contributed by atoms with Crippen LogP contribution in [-0.4, -0.2) is 28.7 Å². The number of anilines is 2. The Hall–Kier alpha value is -2.03. The van der Waals surface area contributed by atoms with E-state index in [2.05, 4.69) is 15.3 Å². The number of hydrogen-bond acceptors (Lipinski definition) is 7. The average molecular weight is 409 g/mol. The van der Waals surface area contributed by atoms with Crippen LogP contribution in [0, 0.1) is 13.8 Å². The zero-order valence-corrected chi connectivity index (χ0v) is 16.8. The van der Waals surface area contributed by atoms with Crippen LogP contribution < -0.4 is 15.8 Å². The molecule has 0 spiro atoms. The summed E-state index contributed by atoms with van der Waals surface area (Å²) in [5.74, 6) is 0.913. The van der Waals surface area contributed by atoms with E-state index in [0.29, 0.717) is 27.4 Å². The minimum absolute atomic E-state index is 0.143. The number of nitrogens with zero attached hydrogens (tertiary/aromatic N) is 2. The van der Waals surface area contributed by atoms with Gasteiger partial charge in [-0.2, -0.15) is 0 Å². The van der Waals surface area contributed by atoms with Crippen LogP contribution in [-0.2, 0) is 4.79 Å². The van der Waals surface area contributed by atoms with Gasteiger partial charge in [-0.25, -0.2) is 9.97 Å². The maximum Gasteiger partial charge on any atom is 0.234 e. The molecule has 1 aromatic carbocycles. The molecule has 3 aromatic rings. The number of benzene rings is 1. The Morgan fingerprint density at radius 1 is 1.38 bits per heavy atom. The summed E-state index contributed by atoms with van der Waals surface area (Å²) in [6.07, 6.45) is 0. The Morgan fingerprint density at radius 3 is 2.88 bits per heavy atom. The van der Waals surface area contributed by atoms with E-state index in [1.807, 2.05) is 13.8 Å². The molecule has 0 saturated carbocycles. The van der Waals surface area contributed by atoms with E-state index in [0.717, 1.165) is 20.7 Å². The van der Waals surface area contributed by atoms with Gasteiger partial charge in [0.25, 0.3) is 0 Å². The first kappa shape index (κ1) is 18.8. The SMILES string of the molecule is COc1ccc(Cl)cc1NC(=O)CSc1nc(N)c2c(C)c(C)sc2n1. The predicted molar refractivity (Wildman–Crippen MR) is 109 cm³/mol. The summed E-state index contributed by atoms with van der Waals surface area (Å²) in [5.41, 5.74) is 7.69. The molecule has 3 N–H and O–H groups in total. The van der Waals surface area contributed by atoms with Gasteiger partial charge in [-0.05, 0) is 37.6 Å². The highest BCUT2D eigenvalue weighted by molar-refractivity contribution is 7.99. The van der Waals surface area contributed by atoms with Gasteiger partial charge in [0.05, 0.1) is 23.9 Å². The lowest BCUT2D eigenvalue weighted by Crippen LogP contribution is -2.15. The molecule has 0 fully saturated rings. The second-order valence-electron chi connectivity index (χ2n) is 5.54. The van der Waals surface area contributed by atoms with Crippen molar-refractivity contribution in [2.75, 3.05) is 23.9 Å². The lowest BCUT2D eigenvalue weighted by atomic mass is 10.2. The van der Waals surface area contributed by atoms with Gasteiger partial charge in [0.1, 0.15) is 16.4 Å². The molecule has 0 saturated heterocycles. The molecule has 9 heteroatoms. The lowest BCUT2D eigenvalue weighted by Gasteiger charge is -2.10. The molecule has 0 atom stereocenters. The van der Waals surface area contributed by atoms with E-state index in [9.17, 15) is 4.79 Å². The molecule has 0 radical (unpaired) electrons. The van der Waals surface area contributed by atoms with Gasteiger partial charge in [-0.3, -0.25) is 4.79 Å². The molecular weight excluding hydrogens is 392 g/mol. The smallest absolute Gasteiger partial charge is 0.234 e. The Morgan fingerprint density at radius 2 is 2.15 bits per heavy atom. The van der Waals surface area contributed by atoms with Crippen LogP contribution in [0.5, 0.6) is 5.75 Å². The maximum atomic E-state index is 12.3. The minimum atomic E-state index is -0.212. The largest absolute Gasteiger partial charge is 0.495 e. The molecule has 0 aliphatic carbocycles. The topological polar surface area (TPSA) is 90.1 Å². The second kappa shape index (κ2) is 7.69. The monoisotopic (exact) mass is 408 g/mol. The molecule has 0 bridgehead atoms. The van der Waals surface area contributed by atoms with Crippen molar-refractivity contribution in [1.82, 2.24) is 9.97 Å². The standard InChI is InChI=1S/C17H17ClN4O2S2/c1-8-9(2)26-16-14(8)15(19)21-17(22-16)25-7-13(23)20-11-6-10(18)4-5-12(11)24-3/h4-6H,7H2,1-3H3,(H,20,23)(H2,19,21,22). The highest BCUT2D eigenvalue weighted by atomic mass is 35.5. The third kappa shape index (κ3) is 3.87. The Labute approximate surface area is 164 Å². The first-order valence-electron chi connectivity index (χ1n) is 7.68. The normalized spacial score (nSPS) is 10.9. The summed E-state index contributed by atoms with van der Waals surface area (Å²) in [6, 6.07) is 5.03. The van der Waals surface area contributed by atoms with Crippen molar-refractivity contribution in [3.63, 3.8) is 0 Å². The number of nitrogen functional groups attached to an aromatic ring is 1. The van der Waals surface area contributed by atoms with Gasteiger partial charge in [0.15, 0.2) is 5.16 Å². The summed E-state index contributed by atoms with van der Waals surface area (Å²) in [5, 5.41) is 4.67. The van der Waals surface area contributed by atoms with Crippen molar-refractivity contribution in [2.24, 2.45) is 0 Å². The van der Waals surface area contributed by atoms with Crippen LogP contribution in [0.25, 0.3) is 10.2 Å². The van der Waals surface area contributed by atoms with Crippen molar-refractivity contribution < 1.29 is 9.53 Å². The fourth-order valence-electron chi connectivity index (χ4n) is 2.42. The summed E-state index contributed by atoms with van der Waals surface area (Å²) in [6.45, 7) is 4.03. The highest BCUT2D eigenvalue weighted by Gasteiger charge is 2.14. The van der Waals surface area contributed by atoms with Crippen LogP contribution in [0.3, 0.4) is 0 Å². The van der Waals surface area contributed by atoms with Gasteiger partial charge in [-0.1, -0.05) is 23.4 Å². The fraction of sp³-hybridized carbons (Fsp3) is 0.235. The van der Waals surface area contributed by atoms with Crippen LogP contribution in [0.1, 0.15) is 10.4 Å². The number of fused-ring (bicyclic) bond motifs is 1. The van der Waals surface area contributed by atoms with E-state index in [1.165, 1.54) is 18.9 Å². The number of nitrogens with one attached hydrogen (secondary N) is 1. The van der Waals surface area contributed by atoms with Crippen molar-refractivity contribution in [1.29, 1.82) is 0 Å². The summed E-state index contributed by atoms with van der Waals surface area (Å²) < 4.78 is 5.22. The van der Waals surface area contributed by atoms with Gasteiger partial charge in [-0.15, -0.1) is 11.3 Å². The Bertz CT molecular complexity index is 991. The van der Waals surface area contributed by atoms with E-state index in [-0.39, 0.29) is 11.7 Å². The number of amides is 1. The lowest BCUT2D eigenvalue weighted by molar-refractivity contribution is -0.113. The molecule has 136 valence electrons. The molecule has 1 amide bonds. The first-order chi connectivity index (χ1) is 12.4. The third-order valence-electron chi connectivity index (χ3n) is 3.80. The fourth-order valence-corrected chi connectivity index (χ4v) is 4.34. The Kier molecular flexibility index (Phi) is 5.55. The number of thioether (sulfide) groups is 1. The molecule has 26 heavy (non-hydrogen) atoms. The third-order valence-corrected chi connectivity index (χ3v) is 5.99. The Balaban J connectivity index is 1.72. The molecule has 2 heterocycles. The van der Waals surface area contributed by atoms with Gasteiger partial charge in [0, 0.05) is 9.90 Å². The number of ether oxygens (including phenoxy) is 1. The molecule has 2 aromatic heterocycles. The number of aromatic nitrogens is 2. The van der Waals surface area contributed by atoms with Crippen LogP contribution in [0.4, 0.5) is 11.5 Å². The zero-order chi connectivity index (χ0) is 18.8. The zero-order valence-electron chi connectivity index (χ0n) is 14.4. The van der Waals surface area contributed by atoms with E-state index in [1.54, 1.807) is 29.5 Å². The number of methoxy groups -OCH3 is 1. The minimum Gasteiger partial charge on any atom is -0.495 e. The summed E-state index contributed by atoms with van der Waals surface area (Å²) in [4.78, 5) is 23.1. The van der Waals surface area contributed by atoms with Crippen molar-refractivity contribution >= 4 is 62.3 Å². The maximum absolute atomic E-state index is 12.3. The molecule has 0 unspecified atom stereocenters. The van der Waals surface area contributed by atoms with Crippen molar-refractivity contribution in [2.45, 2.75) is 19.0 Å². The van der Waals surface area contributed by atoms with Crippen LogP contribution in [0.15, 0.2) is 23.4 Å². The number of carbonyl (C=O) groups is 1. The van der Waals surface area contributed by atoms with E-state index < -0.39 is 0 Å². The highest BCUT2D eigenvalue weighted by Crippen LogP contribution is 2.33. The molecule has 0 aliphatic heterocycles. The number of thiophene rings is 1. The summed E-state index contributed by atoms with van der Waals surface area (Å²) >= 11 is 8.78. The molecule has 3 rings (SSSR count). The number of hydrogen-bond donors (Lipinski definition) is 2. The molecular formula is C17H17ClN4O2S2. The number of halogens is 1. The number of carbonyl (C=O) groups excluding carboxylic acids is 1. The first-order valence-corrected chi connectivity index (χ1v) is 9.86. The van der Waals surface area contributed by atoms with E-state index >= 15 is 0 Å². The van der Waals surface area contributed by atoms with Crippen LogP contribution >= 0.6 is 34.7 Å². The van der Waals surface area contributed by atoms with Gasteiger partial charge >= 0.3 is 0 Å². The second-order valence-corrected chi connectivity index (χ2v) is 8.12. The molecule has 0 aliphatic rings. The van der Waals surface area contributed by atoms with Gasteiger partial charge in [0.2, 0.25) is 5.91 Å². The number of aryl methyl sites for hydroxylation is 2. The number of rotatable bonds is 5. The average Bonchev–Trinajstić information content (AvgIpc) is 2.88.